The molecule has 4 rings (SSSR count). The molecule has 1 aromatic carbocycles. The third-order valence-corrected chi connectivity index (χ3v) is 6.07. The van der Waals surface area contributed by atoms with Crippen LogP contribution in [0, 0.1) is 0 Å². The smallest absolute Gasteiger partial charge is 0.171 e. The van der Waals surface area contributed by atoms with Gasteiger partial charge in [-0.2, -0.15) is 0 Å². The van der Waals surface area contributed by atoms with Crippen LogP contribution >= 0.6 is 0 Å². The second-order valence-electron chi connectivity index (χ2n) is 8.93. The summed E-state index contributed by atoms with van der Waals surface area (Å²) in [4.78, 5) is 9.55. The average Bonchev–Trinajstić information content (AvgIpc) is 2.80. The predicted molar refractivity (Wildman–Crippen MR) is 127 cm³/mol. The molecule has 0 bridgehead atoms. The van der Waals surface area contributed by atoms with E-state index in [0.717, 1.165) is 63.3 Å². The topological polar surface area (TPSA) is 59.1 Å². The molecule has 2 saturated heterocycles. The van der Waals surface area contributed by atoms with Gasteiger partial charge < -0.3 is 24.4 Å². The van der Waals surface area contributed by atoms with Gasteiger partial charge in [-0.25, -0.2) is 4.98 Å². The summed E-state index contributed by atoms with van der Waals surface area (Å²) in [6, 6.07) is 11.0. The molecule has 0 saturated carbocycles. The number of morpholine rings is 1. The fraction of sp³-hybridized carbons (Fsp3) is 0.560. The molecule has 0 aliphatic carbocycles. The van der Waals surface area contributed by atoms with Crippen molar-refractivity contribution in [2.45, 2.75) is 45.5 Å². The van der Waals surface area contributed by atoms with E-state index in [0.29, 0.717) is 0 Å². The van der Waals surface area contributed by atoms with Gasteiger partial charge in [0.25, 0.3) is 0 Å². The number of aromatic nitrogens is 1. The maximum absolute atomic E-state index is 6.06. The van der Waals surface area contributed by atoms with Crippen LogP contribution in [-0.2, 0) is 11.3 Å². The number of rotatable bonds is 7. The highest BCUT2D eigenvalue weighted by molar-refractivity contribution is 5.54. The van der Waals surface area contributed by atoms with E-state index in [1.165, 1.54) is 11.1 Å². The number of methoxy groups -OCH3 is 1. The largest absolute Gasteiger partial charge is 0.493 e. The van der Waals surface area contributed by atoms with Crippen LogP contribution in [0.15, 0.2) is 36.5 Å². The van der Waals surface area contributed by atoms with Gasteiger partial charge in [0, 0.05) is 50.5 Å². The quantitative estimate of drug-likeness (QED) is 0.709. The monoisotopic (exact) mass is 440 g/mol. The molecule has 0 amide bonds. The van der Waals surface area contributed by atoms with Crippen molar-refractivity contribution in [2.24, 2.45) is 0 Å². The van der Waals surface area contributed by atoms with Crippen LogP contribution < -0.4 is 19.7 Å². The zero-order chi connectivity index (χ0) is 22.5. The molecule has 0 unspecified atom stereocenters. The number of hydrogen-bond donors (Lipinski definition) is 1. The lowest BCUT2D eigenvalue weighted by atomic mass is 10.0. The maximum Gasteiger partial charge on any atom is 0.171 e. The summed E-state index contributed by atoms with van der Waals surface area (Å²) in [5.74, 6) is 2.71. The number of benzene rings is 1. The summed E-state index contributed by atoms with van der Waals surface area (Å²) in [6.45, 7) is 12.3. The second kappa shape index (κ2) is 10.5. The minimum Gasteiger partial charge on any atom is -0.493 e. The van der Waals surface area contributed by atoms with Crippen molar-refractivity contribution >= 4 is 5.82 Å². The SMILES string of the molecule is COc1cc(CN2CCN[C@@H](c3ccccc3OC(C)C)C2)cnc1N1CCOC[C@H]1C. The Hall–Kier alpha value is -2.35. The highest BCUT2D eigenvalue weighted by atomic mass is 16.5. The number of para-hydroxylation sites is 1. The van der Waals surface area contributed by atoms with Crippen molar-refractivity contribution < 1.29 is 14.2 Å². The first-order chi connectivity index (χ1) is 15.5. The third kappa shape index (κ3) is 5.34. The molecule has 0 spiro atoms. The Kier molecular flexibility index (Phi) is 7.50. The molecule has 7 nitrogen and oxygen atoms in total. The lowest BCUT2D eigenvalue weighted by Crippen LogP contribution is -2.45. The minimum absolute atomic E-state index is 0.155. The van der Waals surface area contributed by atoms with Crippen LogP contribution in [0.3, 0.4) is 0 Å². The highest BCUT2D eigenvalue weighted by Gasteiger charge is 2.26. The molecule has 3 heterocycles. The molecule has 0 radical (unpaired) electrons. The lowest BCUT2D eigenvalue weighted by Gasteiger charge is -2.36. The van der Waals surface area contributed by atoms with Gasteiger partial charge in [-0.15, -0.1) is 0 Å². The van der Waals surface area contributed by atoms with Gasteiger partial charge in [-0.3, -0.25) is 4.90 Å². The molecule has 1 N–H and O–H groups in total. The molecule has 174 valence electrons. The van der Waals surface area contributed by atoms with E-state index >= 15 is 0 Å². The Morgan fingerprint density at radius 2 is 2.06 bits per heavy atom. The number of piperazine rings is 1. The summed E-state index contributed by atoms with van der Waals surface area (Å²) >= 11 is 0. The summed E-state index contributed by atoms with van der Waals surface area (Å²) in [5, 5.41) is 3.66. The molecule has 2 fully saturated rings. The number of nitrogens with one attached hydrogen (secondary N) is 1. The van der Waals surface area contributed by atoms with Gasteiger partial charge in [-0.1, -0.05) is 18.2 Å². The van der Waals surface area contributed by atoms with Crippen LogP contribution in [-0.4, -0.2) is 68.5 Å². The van der Waals surface area contributed by atoms with Crippen LogP contribution in [0.1, 0.15) is 37.9 Å². The van der Waals surface area contributed by atoms with Gasteiger partial charge in [0.15, 0.2) is 11.6 Å². The van der Waals surface area contributed by atoms with Crippen molar-refractivity contribution in [3.8, 4) is 11.5 Å². The number of nitrogens with zero attached hydrogens (tertiary/aromatic N) is 3. The number of ether oxygens (including phenoxy) is 3. The predicted octanol–water partition coefficient (Wildman–Crippen LogP) is 3.25. The average molecular weight is 441 g/mol. The molecule has 2 aromatic rings. The number of pyridine rings is 1. The van der Waals surface area contributed by atoms with E-state index in [9.17, 15) is 0 Å². The highest BCUT2D eigenvalue weighted by Crippen LogP contribution is 2.31. The van der Waals surface area contributed by atoms with E-state index in [-0.39, 0.29) is 18.2 Å². The molecule has 7 heteroatoms. The first kappa shape index (κ1) is 22.8. The Morgan fingerprint density at radius 1 is 1.22 bits per heavy atom. The molecule has 2 atom stereocenters. The van der Waals surface area contributed by atoms with Crippen LogP contribution in [0.2, 0.25) is 0 Å². The Balaban J connectivity index is 1.46. The van der Waals surface area contributed by atoms with Gasteiger partial charge in [0.1, 0.15) is 5.75 Å². The van der Waals surface area contributed by atoms with E-state index in [1.54, 1.807) is 7.11 Å². The summed E-state index contributed by atoms with van der Waals surface area (Å²) < 4.78 is 17.4. The molecule has 2 aliphatic heterocycles. The third-order valence-electron chi connectivity index (χ3n) is 6.07. The van der Waals surface area contributed by atoms with Crippen molar-refractivity contribution in [3.63, 3.8) is 0 Å². The van der Waals surface area contributed by atoms with Crippen LogP contribution in [0.4, 0.5) is 5.82 Å². The van der Waals surface area contributed by atoms with Gasteiger partial charge in [0.2, 0.25) is 0 Å². The normalized spacial score (nSPS) is 22.2. The number of hydrogen-bond acceptors (Lipinski definition) is 7. The fourth-order valence-corrected chi connectivity index (χ4v) is 4.52. The standard InChI is InChI=1S/C25H36N4O3/c1-18(2)32-23-8-6-5-7-21(23)22-16-28(10-9-26-22)15-20-13-24(30-4)25(27-14-20)29-11-12-31-17-19(29)3/h5-8,13-14,18-19,22,26H,9-12,15-17H2,1-4H3/t19-,22-/m1/s1. The van der Waals surface area contributed by atoms with Gasteiger partial charge in [-0.05, 0) is 38.5 Å². The zero-order valence-electron chi connectivity index (χ0n) is 19.7. The van der Waals surface area contributed by atoms with E-state index in [2.05, 4.69) is 60.2 Å². The van der Waals surface area contributed by atoms with Crippen LogP contribution in [0.25, 0.3) is 0 Å². The molecule has 1 aromatic heterocycles. The minimum atomic E-state index is 0.155. The van der Waals surface area contributed by atoms with E-state index < -0.39 is 0 Å². The fourth-order valence-electron chi connectivity index (χ4n) is 4.52. The van der Waals surface area contributed by atoms with Crippen molar-refractivity contribution in [2.75, 3.05) is 51.4 Å². The molecular weight excluding hydrogens is 404 g/mol. The van der Waals surface area contributed by atoms with Crippen molar-refractivity contribution in [1.82, 2.24) is 15.2 Å². The first-order valence-corrected chi connectivity index (χ1v) is 11.6. The maximum atomic E-state index is 6.06. The molecule has 32 heavy (non-hydrogen) atoms. The molecule has 2 aliphatic rings. The molecular formula is C25H36N4O3. The lowest BCUT2D eigenvalue weighted by molar-refractivity contribution is 0.0982. The Labute approximate surface area is 191 Å². The Bertz CT molecular complexity index is 891. The summed E-state index contributed by atoms with van der Waals surface area (Å²) in [7, 11) is 1.72. The zero-order valence-corrected chi connectivity index (χ0v) is 19.7. The van der Waals surface area contributed by atoms with E-state index in [1.807, 2.05) is 12.3 Å². The van der Waals surface area contributed by atoms with Gasteiger partial charge in [0.05, 0.1) is 32.5 Å². The number of anilines is 1. The van der Waals surface area contributed by atoms with Crippen LogP contribution in [0.5, 0.6) is 11.5 Å². The van der Waals surface area contributed by atoms with Crippen molar-refractivity contribution in [3.05, 3.63) is 47.7 Å². The Morgan fingerprint density at radius 3 is 2.84 bits per heavy atom. The summed E-state index contributed by atoms with van der Waals surface area (Å²) in [5.41, 5.74) is 2.39. The van der Waals surface area contributed by atoms with Gasteiger partial charge >= 0.3 is 0 Å². The second-order valence-corrected chi connectivity index (χ2v) is 8.93. The first-order valence-electron chi connectivity index (χ1n) is 11.6. The van der Waals surface area contributed by atoms with E-state index in [4.69, 9.17) is 19.2 Å². The summed E-state index contributed by atoms with van der Waals surface area (Å²) in [6.07, 6.45) is 2.15. The van der Waals surface area contributed by atoms with Crippen molar-refractivity contribution in [1.29, 1.82) is 0 Å².